The van der Waals surface area contributed by atoms with E-state index in [1.165, 1.54) is 12.8 Å². The number of thioether (sulfide) groups is 1. The number of carbonyl (C=O) groups is 1. The lowest BCUT2D eigenvalue weighted by Crippen LogP contribution is -2.58. The monoisotopic (exact) mass is 310 g/mol. The zero-order valence-electron chi connectivity index (χ0n) is 13.4. The van der Waals surface area contributed by atoms with Crippen LogP contribution in [0, 0.1) is 22.7 Å². The van der Waals surface area contributed by atoms with Crippen molar-refractivity contribution in [1.82, 2.24) is 5.32 Å². The van der Waals surface area contributed by atoms with Gasteiger partial charge < -0.3 is 5.32 Å². The Morgan fingerprint density at radius 1 is 1.29 bits per heavy atom. The molecule has 4 rings (SSSR count). The van der Waals surface area contributed by atoms with Gasteiger partial charge in [0.1, 0.15) is 4.75 Å². The number of rotatable bonds is 2. The van der Waals surface area contributed by atoms with Crippen LogP contribution < -0.4 is 5.32 Å². The molecular weight excluding hydrogens is 280 g/mol. The number of nitrogens with zero attached hydrogens (tertiary/aromatic N) is 1. The van der Waals surface area contributed by atoms with Crippen molar-refractivity contribution in [3.63, 3.8) is 0 Å². The number of fused-ring (bicyclic) bond motifs is 1. The van der Waals surface area contributed by atoms with E-state index >= 15 is 0 Å². The fourth-order valence-electron chi connectivity index (χ4n) is 4.28. The van der Waals surface area contributed by atoms with Crippen LogP contribution in [-0.4, -0.2) is 21.9 Å². The molecule has 4 aliphatic rings. The van der Waals surface area contributed by atoms with Gasteiger partial charge in [-0.15, -0.1) is 0 Å². The minimum Gasteiger partial charge on any atom is -0.304 e. The second-order valence-corrected chi connectivity index (χ2v) is 9.42. The molecule has 3 aliphatic carbocycles. The Morgan fingerprint density at radius 3 is 2.29 bits per heavy atom. The largest absolute Gasteiger partial charge is 0.304 e. The summed E-state index contributed by atoms with van der Waals surface area (Å²) in [6.45, 7) is 13.4. The molecule has 3 saturated carbocycles. The van der Waals surface area contributed by atoms with Crippen LogP contribution in [0.5, 0.6) is 0 Å². The normalized spacial score (nSPS) is 45.5. The van der Waals surface area contributed by atoms with Crippen LogP contribution in [0.3, 0.4) is 0 Å². The highest BCUT2D eigenvalue weighted by atomic mass is 32.2. The molecule has 4 heteroatoms. The van der Waals surface area contributed by atoms with Crippen molar-refractivity contribution in [3.8, 4) is 0 Å². The topological polar surface area (TPSA) is 41.5 Å². The molecule has 0 aromatic heterocycles. The molecule has 0 aromatic rings. The lowest BCUT2D eigenvalue weighted by Gasteiger charge is -2.58. The number of amides is 1. The molecule has 0 aromatic carbocycles. The molecule has 1 saturated heterocycles. The van der Waals surface area contributed by atoms with Gasteiger partial charge in [0, 0.05) is 0 Å². The molecule has 4 atom stereocenters. The summed E-state index contributed by atoms with van der Waals surface area (Å²) in [5.41, 5.74) is 0.711. The Morgan fingerprint density at radius 2 is 1.90 bits per heavy atom. The molecule has 4 unspecified atom stereocenters. The Kier molecular flexibility index (Phi) is 3.80. The lowest BCUT2D eigenvalue weighted by molar-refractivity contribution is -0.122. The van der Waals surface area contributed by atoms with Crippen LogP contribution >= 0.6 is 11.8 Å². The Bertz CT molecular complexity index is 499. The van der Waals surface area contributed by atoms with Crippen LogP contribution in [0.25, 0.3) is 0 Å². The summed E-state index contributed by atoms with van der Waals surface area (Å²) in [7, 11) is 0. The standard InChI is InChI=1S/C16H26N2OS.CH4/c1-9(2)16(6)12(19)18-13(20-16)17-11-10-7-8-15(11,5)14(10,3)4;/h9-11H,7-8H2,1-6H3,(H,17,18,19);1H4. The second-order valence-electron chi connectivity index (χ2n) is 7.98. The predicted molar refractivity (Wildman–Crippen MR) is 91.5 cm³/mol. The molecule has 120 valence electrons. The number of carbonyl (C=O) groups excluding carboxylic acids is 1. The highest BCUT2D eigenvalue weighted by Gasteiger charge is 2.69. The van der Waals surface area contributed by atoms with Gasteiger partial charge in [-0.05, 0) is 42.4 Å². The minimum atomic E-state index is -0.363. The molecule has 3 nitrogen and oxygen atoms in total. The van der Waals surface area contributed by atoms with Crippen molar-refractivity contribution in [2.75, 3.05) is 0 Å². The Balaban J connectivity index is 0.00000161. The van der Waals surface area contributed by atoms with Gasteiger partial charge in [-0.2, -0.15) is 0 Å². The van der Waals surface area contributed by atoms with E-state index in [1.54, 1.807) is 11.8 Å². The molecule has 21 heavy (non-hydrogen) atoms. The third-order valence-corrected chi connectivity index (χ3v) is 8.23. The van der Waals surface area contributed by atoms with Gasteiger partial charge in [-0.25, -0.2) is 0 Å². The summed E-state index contributed by atoms with van der Waals surface area (Å²) < 4.78 is -0.363. The first-order chi connectivity index (χ1) is 9.13. The average Bonchev–Trinajstić information content (AvgIpc) is 2.90. The summed E-state index contributed by atoms with van der Waals surface area (Å²) in [5.74, 6) is 1.11. The molecule has 1 heterocycles. The summed E-state index contributed by atoms with van der Waals surface area (Å²) in [6.07, 6.45) is 2.55. The zero-order valence-corrected chi connectivity index (χ0v) is 14.2. The Hall–Kier alpha value is -0.510. The van der Waals surface area contributed by atoms with E-state index in [2.05, 4.69) is 39.9 Å². The van der Waals surface area contributed by atoms with Crippen LogP contribution in [0.1, 0.15) is 61.8 Å². The third-order valence-electron chi connectivity index (χ3n) is 6.75. The average molecular weight is 311 g/mol. The Labute approximate surface area is 133 Å². The number of amidine groups is 1. The molecular formula is C17H30N2OS. The molecule has 1 aliphatic heterocycles. The molecule has 1 N–H and O–H groups in total. The maximum Gasteiger partial charge on any atom is 0.242 e. The van der Waals surface area contributed by atoms with Gasteiger partial charge in [0.05, 0.1) is 6.04 Å². The first kappa shape index (κ1) is 16.9. The number of hydrogen-bond acceptors (Lipinski definition) is 3. The number of aliphatic imine (C=N–C) groups is 1. The first-order valence-electron chi connectivity index (χ1n) is 7.71. The third kappa shape index (κ3) is 1.94. The van der Waals surface area contributed by atoms with E-state index in [1.807, 2.05) is 6.92 Å². The summed E-state index contributed by atoms with van der Waals surface area (Å²) in [5, 5.41) is 3.86. The molecule has 4 fully saturated rings. The van der Waals surface area contributed by atoms with Crippen LogP contribution in [0.2, 0.25) is 0 Å². The molecule has 1 amide bonds. The van der Waals surface area contributed by atoms with Gasteiger partial charge in [0.2, 0.25) is 5.91 Å². The molecule has 2 bridgehead atoms. The smallest absolute Gasteiger partial charge is 0.242 e. The van der Waals surface area contributed by atoms with Crippen LogP contribution in [0.4, 0.5) is 0 Å². The highest BCUT2D eigenvalue weighted by molar-refractivity contribution is 8.16. The maximum absolute atomic E-state index is 12.2. The van der Waals surface area contributed by atoms with Crippen molar-refractivity contribution in [1.29, 1.82) is 0 Å². The van der Waals surface area contributed by atoms with Gasteiger partial charge in [0.15, 0.2) is 5.17 Å². The van der Waals surface area contributed by atoms with Gasteiger partial charge in [-0.3, -0.25) is 9.79 Å². The highest BCUT2D eigenvalue weighted by Crippen LogP contribution is 2.71. The quantitative estimate of drug-likeness (QED) is 0.835. The first-order valence-corrected chi connectivity index (χ1v) is 8.53. The van der Waals surface area contributed by atoms with E-state index in [0.29, 0.717) is 28.7 Å². The fourth-order valence-corrected chi connectivity index (χ4v) is 5.37. The zero-order chi connectivity index (χ0) is 14.9. The second kappa shape index (κ2) is 4.74. The fraction of sp³-hybridized carbons (Fsp3) is 0.882. The van der Waals surface area contributed by atoms with E-state index in [4.69, 9.17) is 4.99 Å². The number of nitrogens with one attached hydrogen (secondary N) is 1. The predicted octanol–water partition coefficient (Wildman–Crippen LogP) is 4.08. The molecule has 0 radical (unpaired) electrons. The van der Waals surface area contributed by atoms with Gasteiger partial charge in [-0.1, -0.05) is 53.8 Å². The number of hydrogen-bond donors (Lipinski definition) is 1. The van der Waals surface area contributed by atoms with E-state index in [9.17, 15) is 4.79 Å². The van der Waals surface area contributed by atoms with Gasteiger partial charge in [0.25, 0.3) is 0 Å². The summed E-state index contributed by atoms with van der Waals surface area (Å²) >= 11 is 1.63. The summed E-state index contributed by atoms with van der Waals surface area (Å²) in [6, 6.07) is 0.398. The van der Waals surface area contributed by atoms with Crippen molar-refractivity contribution >= 4 is 22.8 Å². The van der Waals surface area contributed by atoms with Crippen LogP contribution in [0.15, 0.2) is 4.99 Å². The van der Waals surface area contributed by atoms with Crippen molar-refractivity contribution in [2.24, 2.45) is 27.7 Å². The van der Waals surface area contributed by atoms with Crippen LogP contribution in [-0.2, 0) is 4.79 Å². The van der Waals surface area contributed by atoms with E-state index in [-0.39, 0.29) is 18.1 Å². The lowest BCUT2D eigenvalue weighted by atomic mass is 9.48. The van der Waals surface area contributed by atoms with E-state index < -0.39 is 0 Å². The molecule has 0 spiro atoms. The SMILES string of the molecule is C.CC(C)C1(C)SC(=NC2C3CCC2(C)C3(C)C)NC1=O. The van der Waals surface area contributed by atoms with Crippen molar-refractivity contribution < 1.29 is 4.79 Å². The maximum atomic E-state index is 12.2. The minimum absolute atomic E-state index is 0. The van der Waals surface area contributed by atoms with Crippen molar-refractivity contribution in [3.05, 3.63) is 0 Å². The summed E-state index contributed by atoms with van der Waals surface area (Å²) in [4.78, 5) is 17.2. The van der Waals surface area contributed by atoms with E-state index in [0.717, 1.165) is 5.17 Å². The van der Waals surface area contributed by atoms with Gasteiger partial charge >= 0.3 is 0 Å². The van der Waals surface area contributed by atoms with Crippen molar-refractivity contribution in [2.45, 2.75) is 72.6 Å².